The molecule has 0 radical (unpaired) electrons. The second-order valence-corrected chi connectivity index (χ2v) is 6.95. The summed E-state index contributed by atoms with van der Waals surface area (Å²) in [5.74, 6) is -1.75. The fraction of sp³-hybridized carbons (Fsp3) is 0.350. The van der Waals surface area contributed by atoms with Gasteiger partial charge in [-0.15, -0.1) is 0 Å². The lowest BCUT2D eigenvalue weighted by Crippen LogP contribution is -2.33. The van der Waals surface area contributed by atoms with Crippen LogP contribution in [-0.4, -0.2) is 46.2 Å². The Hall–Kier alpha value is -2.93. The number of carboxylic acids is 1. The van der Waals surface area contributed by atoms with Gasteiger partial charge in [0.25, 0.3) is 5.56 Å². The van der Waals surface area contributed by atoms with Crippen LogP contribution in [0.2, 0.25) is 0 Å². The van der Waals surface area contributed by atoms with E-state index in [0.717, 1.165) is 13.0 Å². The molecule has 0 aromatic carbocycles. The molecule has 2 aromatic rings. The molecule has 1 aliphatic heterocycles. The van der Waals surface area contributed by atoms with Gasteiger partial charge in [-0.1, -0.05) is 6.07 Å². The number of hydrogen-bond donors (Lipinski definition) is 2. The van der Waals surface area contributed by atoms with E-state index in [1.807, 2.05) is 20.2 Å². The molecule has 3 rings (SSSR count). The van der Waals surface area contributed by atoms with Gasteiger partial charge in [-0.3, -0.25) is 9.78 Å². The molecular formula is C20H24N4O3. The number of aliphatic carboxylic acids is 1. The summed E-state index contributed by atoms with van der Waals surface area (Å²) in [6, 6.07) is 7.17. The first-order valence-corrected chi connectivity index (χ1v) is 8.90. The Morgan fingerprint density at radius 1 is 1.33 bits per heavy atom. The number of rotatable bonds is 6. The molecule has 0 saturated heterocycles. The molecule has 2 aromatic heterocycles. The molecule has 0 saturated carbocycles. The van der Waals surface area contributed by atoms with Crippen molar-refractivity contribution in [2.75, 3.05) is 26.0 Å². The number of nitrogens with one attached hydrogen (secondary N) is 1. The number of anilines is 1. The lowest BCUT2D eigenvalue weighted by molar-refractivity contribution is -0.133. The standard InChI is InChI=1S/C20H24N4O3/c1-13-16(20(26)27)17(14-7-4-5-9-21-14)18-15(22-13)8-12-24(19(18)25)11-6-10-23(2)3/h4-5,7-9,12,17,22H,6,10-11H2,1-3H3,(H,26,27). The number of pyridine rings is 2. The minimum atomic E-state index is -1.05. The molecule has 3 heterocycles. The monoisotopic (exact) mass is 368 g/mol. The molecule has 142 valence electrons. The van der Waals surface area contributed by atoms with E-state index in [1.54, 1.807) is 42.1 Å². The number of fused-ring (bicyclic) bond motifs is 1. The predicted octanol–water partition coefficient (Wildman–Crippen LogP) is 2.11. The maximum Gasteiger partial charge on any atom is 0.334 e. The van der Waals surface area contributed by atoms with Gasteiger partial charge in [-0.25, -0.2) is 4.79 Å². The van der Waals surface area contributed by atoms with Crippen molar-refractivity contribution in [3.63, 3.8) is 0 Å². The minimum Gasteiger partial charge on any atom is -0.478 e. The van der Waals surface area contributed by atoms with Gasteiger partial charge in [0.05, 0.1) is 22.7 Å². The van der Waals surface area contributed by atoms with Gasteiger partial charge in [0, 0.05) is 30.3 Å². The number of aromatic nitrogens is 2. The number of allylic oxidation sites excluding steroid dienone is 1. The van der Waals surface area contributed by atoms with Gasteiger partial charge in [0.1, 0.15) is 0 Å². The van der Waals surface area contributed by atoms with Crippen LogP contribution in [-0.2, 0) is 11.3 Å². The van der Waals surface area contributed by atoms with Gasteiger partial charge in [0.15, 0.2) is 0 Å². The van der Waals surface area contributed by atoms with Crippen molar-refractivity contribution in [1.82, 2.24) is 14.5 Å². The highest BCUT2D eigenvalue weighted by molar-refractivity contribution is 5.93. The summed E-state index contributed by atoms with van der Waals surface area (Å²) >= 11 is 0. The zero-order chi connectivity index (χ0) is 19.6. The van der Waals surface area contributed by atoms with Crippen LogP contribution < -0.4 is 10.9 Å². The van der Waals surface area contributed by atoms with Crippen molar-refractivity contribution in [3.05, 3.63) is 69.5 Å². The molecule has 1 atom stereocenters. The van der Waals surface area contributed by atoms with E-state index in [-0.39, 0.29) is 11.1 Å². The van der Waals surface area contributed by atoms with Crippen LogP contribution in [0.4, 0.5) is 5.69 Å². The highest BCUT2D eigenvalue weighted by Gasteiger charge is 2.35. The third kappa shape index (κ3) is 3.78. The molecule has 7 nitrogen and oxygen atoms in total. The molecule has 0 aliphatic carbocycles. The van der Waals surface area contributed by atoms with Crippen LogP contribution in [0, 0.1) is 0 Å². The second kappa shape index (κ2) is 7.75. The molecule has 1 unspecified atom stereocenters. The fourth-order valence-electron chi connectivity index (χ4n) is 3.47. The molecule has 0 fully saturated rings. The molecule has 7 heteroatoms. The smallest absolute Gasteiger partial charge is 0.334 e. The normalized spacial score (nSPS) is 16.2. The fourth-order valence-corrected chi connectivity index (χ4v) is 3.47. The van der Waals surface area contributed by atoms with Gasteiger partial charge in [-0.05, 0) is 52.2 Å². The molecule has 1 aliphatic rings. The van der Waals surface area contributed by atoms with E-state index in [9.17, 15) is 14.7 Å². The molecule has 0 spiro atoms. The Labute approximate surface area is 158 Å². The lowest BCUT2D eigenvalue weighted by Gasteiger charge is -2.28. The first-order valence-electron chi connectivity index (χ1n) is 8.90. The van der Waals surface area contributed by atoms with Gasteiger partial charge < -0.3 is 19.9 Å². The topological polar surface area (TPSA) is 87.5 Å². The van der Waals surface area contributed by atoms with Crippen molar-refractivity contribution < 1.29 is 9.90 Å². The van der Waals surface area contributed by atoms with E-state index in [0.29, 0.717) is 29.2 Å². The van der Waals surface area contributed by atoms with Crippen molar-refractivity contribution in [3.8, 4) is 0 Å². The van der Waals surface area contributed by atoms with Crippen molar-refractivity contribution in [2.24, 2.45) is 0 Å². The zero-order valence-corrected chi connectivity index (χ0v) is 15.8. The Morgan fingerprint density at radius 2 is 2.11 bits per heavy atom. The Morgan fingerprint density at radius 3 is 2.74 bits per heavy atom. The summed E-state index contributed by atoms with van der Waals surface area (Å²) in [6.07, 6.45) is 4.21. The average molecular weight is 368 g/mol. The van der Waals surface area contributed by atoms with Crippen molar-refractivity contribution in [2.45, 2.75) is 25.8 Å². The van der Waals surface area contributed by atoms with Crippen LogP contribution in [0.3, 0.4) is 0 Å². The Kier molecular flexibility index (Phi) is 5.41. The molecule has 2 N–H and O–H groups in total. The highest BCUT2D eigenvalue weighted by Crippen LogP contribution is 2.39. The number of carbonyl (C=O) groups is 1. The number of hydrogen-bond acceptors (Lipinski definition) is 5. The maximum absolute atomic E-state index is 13.2. The summed E-state index contributed by atoms with van der Waals surface area (Å²) in [5.41, 5.74) is 2.13. The SMILES string of the molecule is CC1=C(C(=O)O)C(c2ccccn2)c2c(ccn(CCCN(C)C)c2=O)N1. The highest BCUT2D eigenvalue weighted by atomic mass is 16.4. The molecule has 27 heavy (non-hydrogen) atoms. The molecule has 0 amide bonds. The van der Waals surface area contributed by atoms with E-state index < -0.39 is 11.9 Å². The lowest BCUT2D eigenvalue weighted by atomic mass is 9.84. The summed E-state index contributed by atoms with van der Waals surface area (Å²) in [4.78, 5) is 31.6. The van der Waals surface area contributed by atoms with Crippen molar-refractivity contribution in [1.29, 1.82) is 0 Å². The van der Waals surface area contributed by atoms with Crippen molar-refractivity contribution >= 4 is 11.7 Å². The van der Waals surface area contributed by atoms with E-state index >= 15 is 0 Å². The Bertz CT molecular complexity index is 932. The van der Waals surface area contributed by atoms with Crippen LogP contribution in [0.5, 0.6) is 0 Å². The van der Waals surface area contributed by atoms with Crippen LogP contribution in [0.15, 0.2) is 52.7 Å². The maximum atomic E-state index is 13.2. The summed E-state index contributed by atoms with van der Waals surface area (Å²) < 4.78 is 1.65. The zero-order valence-electron chi connectivity index (χ0n) is 15.8. The Balaban J connectivity index is 2.11. The summed E-state index contributed by atoms with van der Waals surface area (Å²) in [6.45, 7) is 3.15. The summed E-state index contributed by atoms with van der Waals surface area (Å²) in [5, 5.41) is 12.9. The molecule has 0 bridgehead atoms. The largest absolute Gasteiger partial charge is 0.478 e. The van der Waals surface area contributed by atoms with E-state index in [2.05, 4.69) is 15.2 Å². The first-order chi connectivity index (χ1) is 12.9. The van der Waals surface area contributed by atoms with Gasteiger partial charge >= 0.3 is 5.97 Å². The number of nitrogens with zero attached hydrogens (tertiary/aromatic N) is 3. The van der Waals surface area contributed by atoms with Crippen LogP contribution in [0.1, 0.15) is 30.5 Å². The molecular weight excluding hydrogens is 344 g/mol. The van der Waals surface area contributed by atoms with E-state index in [4.69, 9.17) is 0 Å². The number of aryl methyl sites for hydroxylation is 1. The first kappa shape index (κ1) is 18.8. The second-order valence-electron chi connectivity index (χ2n) is 6.95. The third-order valence-electron chi connectivity index (χ3n) is 4.72. The van der Waals surface area contributed by atoms with E-state index in [1.165, 1.54) is 0 Å². The quantitative estimate of drug-likeness (QED) is 0.812. The minimum absolute atomic E-state index is 0.157. The van der Waals surface area contributed by atoms with Gasteiger partial charge in [-0.2, -0.15) is 0 Å². The average Bonchev–Trinajstić information content (AvgIpc) is 2.62. The summed E-state index contributed by atoms with van der Waals surface area (Å²) in [7, 11) is 3.98. The number of carboxylic acid groups (broad SMARTS) is 1. The predicted molar refractivity (Wildman–Crippen MR) is 104 cm³/mol. The van der Waals surface area contributed by atoms with Crippen LogP contribution >= 0.6 is 0 Å². The van der Waals surface area contributed by atoms with Gasteiger partial charge in [0.2, 0.25) is 0 Å². The third-order valence-corrected chi connectivity index (χ3v) is 4.72. The van der Waals surface area contributed by atoms with Crippen LogP contribution in [0.25, 0.3) is 0 Å².